The third kappa shape index (κ3) is 2.59. The molecule has 90 valence electrons. The van der Waals surface area contributed by atoms with Gasteiger partial charge in [0.05, 0.1) is 12.6 Å². The van der Waals surface area contributed by atoms with E-state index in [0.717, 1.165) is 11.3 Å². The summed E-state index contributed by atoms with van der Waals surface area (Å²) in [6.45, 7) is 2.58. The molecule has 0 aliphatic heterocycles. The summed E-state index contributed by atoms with van der Waals surface area (Å²) < 4.78 is 6.92. The Hall–Kier alpha value is -1.95. The summed E-state index contributed by atoms with van der Waals surface area (Å²) in [4.78, 5) is 0. The summed E-state index contributed by atoms with van der Waals surface area (Å²) in [6.07, 6.45) is 0.0611. The average molecular weight is 233 g/mol. The summed E-state index contributed by atoms with van der Waals surface area (Å²) in [7, 11) is 1.66. The second-order valence-corrected chi connectivity index (χ2v) is 3.85. The number of anilines is 1. The Morgan fingerprint density at radius 3 is 2.71 bits per heavy atom. The zero-order valence-electron chi connectivity index (χ0n) is 9.87. The number of hydrogen-bond donors (Lipinski definition) is 1. The number of nitrogens with two attached hydrogens (primary N) is 1. The van der Waals surface area contributed by atoms with Crippen molar-refractivity contribution >= 4 is 5.69 Å². The molecule has 0 bridgehead atoms. The fourth-order valence-corrected chi connectivity index (χ4v) is 1.48. The van der Waals surface area contributed by atoms with Crippen LogP contribution in [0.25, 0.3) is 11.4 Å². The van der Waals surface area contributed by atoms with Crippen LogP contribution in [0.3, 0.4) is 0 Å². The van der Waals surface area contributed by atoms with Gasteiger partial charge in [0, 0.05) is 18.4 Å². The van der Waals surface area contributed by atoms with E-state index in [0.29, 0.717) is 12.4 Å². The third-order valence-corrected chi connectivity index (χ3v) is 2.53. The maximum Gasteiger partial charge on any atom is 0.182 e. The molecule has 0 saturated carbocycles. The Morgan fingerprint density at radius 2 is 2.06 bits per heavy atom. The monoisotopic (exact) mass is 233 g/mol. The first-order chi connectivity index (χ1) is 8.20. The summed E-state index contributed by atoms with van der Waals surface area (Å²) in [5, 5.41) is 11.6. The molecule has 2 aromatic rings. The number of hydrogen-bond acceptors (Lipinski definition) is 5. The second kappa shape index (κ2) is 4.92. The van der Waals surface area contributed by atoms with E-state index in [1.165, 1.54) is 0 Å². The van der Waals surface area contributed by atoms with Gasteiger partial charge in [-0.1, -0.05) is 0 Å². The highest BCUT2D eigenvalue weighted by atomic mass is 16.5. The van der Waals surface area contributed by atoms with Crippen molar-refractivity contribution in [3.63, 3.8) is 0 Å². The van der Waals surface area contributed by atoms with Crippen LogP contribution < -0.4 is 5.73 Å². The van der Waals surface area contributed by atoms with E-state index in [-0.39, 0.29) is 6.10 Å². The van der Waals surface area contributed by atoms with Gasteiger partial charge >= 0.3 is 0 Å². The van der Waals surface area contributed by atoms with Crippen molar-refractivity contribution in [3.05, 3.63) is 24.3 Å². The largest absolute Gasteiger partial charge is 0.399 e. The van der Waals surface area contributed by atoms with Gasteiger partial charge in [0.25, 0.3) is 0 Å². The Bertz CT molecular complexity index is 479. The van der Waals surface area contributed by atoms with Crippen LogP contribution in [0.15, 0.2) is 24.3 Å². The van der Waals surface area contributed by atoms with E-state index in [4.69, 9.17) is 10.5 Å². The molecule has 6 heteroatoms. The Morgan fingerprint density at radius 1 is 1.35 bits per heavy atom. The van der Waals surface area contributed by atoms with Crippen LogP contribution >= 0.6 is 0 Å². The van der Waals surface area contributed by atoms with Gasteiger partial charge in [-0.3, -0.25) is 0 Å². The van der Waals surface area contributed by atoms with E-state index in [1.54, 1.807) is 11.8 Å². The van der Waals surface area contributed by atoms with Gasteiger partial charge in [0.2, 0.25) is 0 Å². The molecule has 2 N–H and O–H groups in total. The normalized spacial score (nSPS) is 12.6. The molecule has 0 aliphatic carbocycles. The maximum atomic E-state index is 5.64. The molecule has 2 rings (SSSR count). The van der Waals surface area contributed by atoms with Gasteiger partial charge in [0.1, 0.15) is 0 Å². The Labute approximate surface area is 99.4 Å². The van der Waals surface area contributed by atoms with Crippen LogP contribution in [0.5, 0.6) is 0 Å². The molecule has 1 aromatic carbocycles. The first-order valence-corrected chi connectivity index (χ1v) is 5.35. The summed E-state index contributed by atoms with van der Waals surface area (Å²) >= 11 is 0. The van der Waals surface area contributed by atoms with Gasteiger partial charge in [-0.25, -0.2) is 4.68 Å². The maximum absolute atomic E-state index is 5.64. The predicted octanol–water partition coefficient (Wildman–Crippen LogP) is 0.957. The SMILES string of the molecule is COC(C)Cn1nnnc1-c1ccc(N)cc1. The van der Waals surface area contributed by atoms with Crippen LogP contribution in [0.1, 0.15) is 6.92 Å². The van der Waals surface area contributed by atoms with Gasteiger partial charge in [0.15, 0.2) is 5.82 Å². The molecule has 6 nitrogen and oxygen atoms in total. The van der Waals surface area contributed by atoms with E-state index >= 15 is 0 Å². The van der Waals surface area contributed by atoms with Crippen molar-refractivity contribution in [2.45, 2.75) is 19.6 Å². The molecule has 0 aliphatic rings. The molecule has 1 unspecified atom stereocenters. The highest BCUT2D eigenvalue weighted by Gasteiger charge is 2.11. The van der Waals surface area contributed by atoms with Crippen LogP contribution in [0, 0.1) is 0 Å². The van der Waals surface area contributed by atoms with Crippen LogP contribution in [-0.2, 0) is 11.3 Å². The molecule has 17 heavy (non-hydrogen) atoms. The van der Waals surface area contributed by atoms with Crippen molar-refractivity contribution in [1.29, 1.82) is 0 Å². The van der Waals surface area contributed by atoms with Crippen molar-refractivity contribution in [2.24, 2.45) is 0 Å². The average Bonchev–Trinajstić information content (AvgIpc) is 2.78. The van der Waals surface area contributed by atoms with Crippen LogP contribution in [0.2, 0.25) is 0 Å². The quantitative estimate of drug-likeness (QED) is 0.795. The summed E-state index contributed by atoms with van der Waals surface area (Å²) in [6, 6.07) is 7.45. The molecular formula is C11H15N5O. The number of rotatable bonds is 4. The highest BCUT2D eigenvalue weighted by molar-refractivity contribution is 5.58. The summed E-state index contributed by atoms with van der Waals surface area (Å²) in [5.41, 5.74) is 7.30. The number of tetrazole rings is 1. The minimum Gasteiger partial charge on any atom is -0.399 e. The number of benzene rings is 1. The summed E-state index contributed by atoms with van der Waals surface area (Å²) in [5.74, 6) is 0.717. The third-order valence-electron chi connectivity index (χ3n) is 2.53. The molecule has 0 fully saturated rings. The standard InChI is InChI=1S/C11H15N5O/c1-8(17-2)7-16-11(13-14-15-16)9-3-5-10(12)6-4-9/h3-6,8H,7,12H2,1-2H3. The van der Waals surface area contributed by atoms with Gasteiger partial charge in [-0.2, -0.15) is 0 Å². The minimum absolute atomic E-state index is 0.0611. The topological polar surface area (TPSA) is 78.8 Å². The fraction of sp³-hybridized carbons (Fsp3) is 0.364. The lowest BCUT2D eigenvalue weighted by molar-refractivity contribution is 0.0997. The van der Waals surface area contributed by atoms with Gasteiger partial charge < -0.3 is 10.5 Å². The van der Waals surface area contributed by atoms with E-state index < -0.39 is 0 Å². The van der Waals surface area contributed by atoms with E-state index in [9.17, 15) is 0 Å². The number of ether oxygens (including phenoxy) is 1. The van der Waals surface area contributed by atoms with E-state index in [1.807, 2.05) is 31.2 Å². The second-order valence-electron chi connectivity index (χ2n) is 3.85. The van der Waals surface area contributed by atoms with E-state index in [2.05, 4.69) is 15.5 Å². The molecular weight excluding hydrogens is 218 g/mol. The number of nitrogens with zero attached hydrogens (tertiary/aromatic N) is 4. The van der Waals surface area contributed by atoms with Crippen LogP contribution in [0.4, 0.5) is 5.69 Å². The van der Waals surface area contributed by atoms with Crippen molar-refractivity contribution in [2.75, 3.05) is 12.8 Å². The lowest BCUT2D eigenvalue weighted by atomic mass is 10.2. The minimum atomic E-state index is 0.0611. The highest BCUT2D eigenvalue weighted by Crippen LogP contribution is 2.17. The molecule has 0 saturated heterocycles. The van der Waals surface area contributed by atoms with Gasteiger partial charge in [-0.05, 0) is 41.6 Å². The van der Waals surface area contributed by atoms with Crippen molar-refractivity contribution < 1.29 is 4.74 Å². The molecule has 0 spiro atoms. The molecule has 0 radical (unpaired) electrons. The van der Waals surface area contributed by atoms with Crippen LogP contribution in [-0.4, -0.2) is 33.4 Å². The van der Waals surface area contributed by atoms with Crippen molar-refractivity contribution in [3.8, 4) is 11.4 Å². The number of methoxy groups -OCH3 is 1. The number of aromatic nitrogens is 4. The zero-order chi connectivity index (χ0) is 12.3. The van der Waals surface area contributed by atoms with Gasteiger partial charge in [-0.15, -0.1) is 5.10 Å². The molecule has 0 amide bonds. The lowest BCUT2D eigenvalue weighted by Gasteiger charge is -2.10. The number of nitrogen functional groups attached to an aromatic ring is 1. The Kier molecular flexibility index (Phi) is 3.34. The Balaban J connectivity index is 2.27. The first-order valence-electron chi connectivity index (χ1n) is 5.35. The molecule has 1 aromatic heterocycles. The predicted molar refractivity (Wildman–Crippen MR) is 64.1 cm³/mol. The van der Waals surface area contributed by atoms with Crippen molar-refractivity contribution in [1.82, 2.24) is 20.2 Å². The molecule has 1 atom stereocenters. The lowest BCUT2D eigenvalue weighted by Crippen LogP contribution is -2.16. The fourth-order valence-electron chi connectivity index (χ4n) is 1.48. The smallest absolute Gasteiger partial charge is 0.182 e. The first kappa shape index (κ1) is 11.5. The molecule has 1 heterocycles. The zero-order valence-corrected chi connectivity index (χ0v) is 9.87.